The average molecular weight is 320 g/mol. The number of hydrogen-bond acceptors (Lipinski definition) is 2. The molecule has 24 heavy (non-hydrogen) atoms. The second-order valence-corrected chi connectivity index (χ2v) is 7.82. The summed E-state index contributed by atoms with van der Waals surface area (Å²) in [5, 5.41) is 8.27. The van der Waals surface area contributed by atoms with Gasteiger partial charge in [0.1, 0.15) is 6.33 Å². The molecule has 2 heterocycles. The molecule has 3 aromatic rings. The Bertz CT molecular complexity index is 823. The summed E-state index contributed by atoms with van der Waals surface area (Å²) in [6.45, 7) is 7.07. The van der Waals surface area contributed by atoms with Gasteiger partial charge in [-0.1, -0.05) is 51.1 Å². The van der Waals surface area contributed by atoms with E-state index in [4.69, 9.17) is 0 Å². The highest BCUT2D eigenvalue weighted by Gasteiger charge is 2.32. The molecule has 4 nitrogen and oxygen atoms in total. The number of nitrogens with zero attached hydrogens (tertiary/aromatic N) is 3. The Labute approximate surface area is 142 Å². The second kappa shape index (κ2) is 5.62. The standard InChI is InChI=1S/C20H24N4/c1-20(2,3)16-9-10-17-15(11-16)12-18(14-7-5-4-6-8-14)24(17)19-21-13-22-23-19/h4-8,12-13,16H,9-11H2,1-3H3,(H,21,22,23). The Balaban J connectivity index is 1.85. The van der Waals surface area contributed by atoms with Crippen LogP contribution in [0.1, 0.15) is 38.4 Å². The van der Waals surface area contributed by atoms with E-state index in [9.17, 15) is 0 Å². The van der Waals surface area contributed by atoms with E-state index in [1.54, 1.807) is 6.33 Å². The highest BCUT2D eigenvalue weighted by molar-refractivity contribution is 5.65. The summed E-state index contributed by atoms with van der Waals surface area (Å²) in [5.74, 6) is 1.53. The molecular weight excluding hydrogens is 296 g/mol. The molecule has 0 saturated heterocycles. The quantitative estimate of drug-likeness (QED) is 0.760. The van der Waals surface area contributed by atoms with Crippen molar-refractivity contribution in [1.29, 1.82) is 0 Å². The fourth-order valence-corrected chi connectivity index (χ4v) is 3.84. The SMILES string of the molecule is CC(C)(C)C1CCc2c(cc(-c3ccccc3)n2-c2nnc[nH]2)C1. The molecule has 1 aliphatic carbocycles. The number of aromatic amines is 1. The van der Waals surface area contributed by atoms with Crippen LogP contribution >= 0.6 is 0 Å². The van der Waals surface area contributed by atoms with Crippen LogP contribution in [0, 0.1) is 11.3 Å². The first kappa shape index (κ1) is 15.2. The van der Waals surface area contributed by atoms with E-state index in [0.717, 1.165) is 24.7 Å². The maximum Gasteiger partial charge on any atom is 0.233 e. The Hall–Kier alpha value is -2.36. The lowest BCUT2D eigenvalue weighted by Gasteiger charge is -2.34. The molecule has 1 atom stereocenters. The van der Waals surface area contributed by atoms with Gasteiger partial charge in [-0.2, -0.15) is 0 Å². The van der Waals surface area contributed by atoms with Gasteiger partial charge in [-0.15, -0.1) is 10.2 Å². The zero-order chi connectivity index (χ0) is 16.7. The summed E-state index contributed by atoms with van der Waals surface area (Å²) in [6.07, 6.45) is 5.10. The summed E-state index contributed by atoms with van der Waals surface area (Å²) < 4.78 is 2.26. The number of H-pyrrole nitrogens is 1. The van der Waals surface area contributed by atoms with Crippen molar-refractivity contribution in [3.05, 3.63) is 54.0 Å². The molecule has 4 rings (SSSR count). The summed E-state index contributed by atoms with van der Waals surface area (Å²) in [6, 6.07) is 12.9. The topological polar surface area (TPSA) is 46.5 Å². The van der Waals surface area contributed by atoms with Gasteiger partial charge in [0.25, 0.3) is 0 Å². The maximum atomic E-state index is 4.28. The van der Waals surface area contributed by atoms with Crippen molar-refractivity contribution in [2.75, 3.05) is 0 Å². The second-order valence-electron chi connectivity index (χ2n) is 7.82. The van der Waals surface area contributed by atoms with Gasteiger partial charge in [-0.05, 0) is 47.8 Å². The number of benzene rings is 1. The van der Waals surface area contributed by atoms with Gasteiger partial charge in [0.15, 0.2) is 0 Å². The van der Waals surface area contributed by atoms with Crippen LogP contribution in [0.5, 0.6) is 0 Å². The first-order chi connectivity index (χ1) is 11.5. The molecule has 2 aromatic heterocycles. The molecule has 1 unspecified atom stereocenters. The summed E-state index contributed by atoms with van der Waals surface area (Å²) in [4.78, 5) is 3.18. The monoisotopic (exact) mass is 320 g/mol. The van der Waals surface area contributed by atoms with E-state index >= 15 is 0 Å². The van der Waals surface area contributed by atoms with Crippen molar-refractivity contribution >= 4 is 0 Å². The smallest absolute Gasteiger partial charge is 0.233 e. The van der Waals surface area contributed by atoms with E-state index < -0.39 is 0 Å². The molecule has 1 N–H and O–H groups in total. The third-order valence-corrected chi connectivity index (χ3v) is 5.30. The fourth-order valence-electron chi connectivity index (χ4n) is 3.84. The highest BCUT2D eigenvalue weighted by atomic mass is 15.3. The first-order valence-corrected chi connectivity index (χ1v) is 8.69. The van der Waals surface area contributed by atoms with Gasteiger partial charge in [-0.3, -0.25) is 4.57 Å². The van der Waals surface area contributed by atoms with Crippen molar-refractivity contribution in [2.45, 2.75) is 40.0 Å². The Morgan fingerprint density at radius 3 is 2.62 bits per heavy atom. The third kappa shape index (κ3) is 2.56. The Morgan fingerprint density at radius 2 is 1.96 bits per heavy atom. The Kier molecular flexibility index (Phi) is 3.56. The first-order valence-electron chi connectivity index (χ1n) is 8.69. The van der Waals surface area contributed by atoms with Crippen molar-refractivity contribution in [3.63, 3.8) is 0 Å². The van der Waals surface area contributed by atoms with Crippen molar-refractivity contribution in [3.8, 4) is 17.2 Å². The minimum absolute atomic E-state index is 0.346. The van der Waals surface area contributed by atoms with Crippen LogP contribution in [0.15, 0.2) is 42.7 Å². The molecule has 0 fully saturated rings. The summed E-state index contributed by atoms with van der Waals surface area (Å²) in [7, 11) is 0. The van der Waals surface area contributed by atoms with Crippen LogP contribution in [0.4, 0.5) is 0 Å². The number of rotatable bonds is 2. The van der Waals surface area contributed by atoms with Crippen LogP contribution in [0.2, 0.25) is 0 Å². The molecule has 0 saturated carbocycles. The minimum Gasteiger partial charge on any atom is -0.313 e. The highest BCUT2D eigenvalue weighted by Crippen LogP contribution is 2.40. The number of nitrogens with one attached hydrogen (secondary N) is 1. The molecule has 0 spiro atoms. The van der Waals surface area contributed by atoms with Gasteiger partial charge >= 0.3 is 0 Å². The van der Waals surface area contributed by atoms with Crippen molar-refractivity contribution in [2.24, 2.45) is 11.3 Å². The zero-order valence-electron chi connectivity index (χ0n) is 14.6. The summed E-state index contributed by atoms with van der Waals surface area (Å²) in [5.41, 5.74) is 5.60. The minimum atomic E-state index is 0.346. The van der Waals surface area contributed by atoms with Gasteiger partial charge in [-0.25, -0.2) is 0 Å². The normalized spacial score (nSPS) is 17.7. The molecule has 1 aliphatic rings. The van der Waals surface area contributed by atoms with Crippen LogP contribution in [-0.2, 0) is 12.8 Å². The zero-order valence-corrected chi connectivity index (χ0v) is 14.6. The van der Waals surface area contributed by atoms with E-state index in [1.807, 2.05) is 0 Å². The predicted molar refractivity (Wildman–Crippen MR) is 96.1 cm³/mol. The molecule has 0 bridgehead atoms. The van der Waals surface area contributed by atoms with Crippen molar-refractivity contribution < 1.29 is 0 Å². The van der Waals surface area contributed by atoms with Crippen LogP contribution in [-0.4, -0.2) is 19.7 Å². The number of fused-ring (bicyclic) bond motifs is 1. The maximum absolute atomic E-state index is 4.28. The molecule has 124 valence electrons. The fraction of sp³-hybridized carbons (Fsp3) is 0.400. The molecule has 0 aliphatic heterocycles. The third-order valence-electron chi connectivity index (χ3n) is 5.30. The average Bonchev–Trinajstić information content (AvgIpc) is 3.21. The van der Waals surface area contributed by atoms with E-state index in [-0.39, 0.29) is 0 Å². The summed E-state index contributed by atoms with van der Waals surface area (Å²) >= 11 is 0. The van der Waals surface area contributed by atoms with Gasteiger partial charge in [0.05, 0.1) is 5.69 Å². The largest absolute Gasteiger partial charge is 0.313 e. The molecule has 1 aromatic carbocycles. The van der Waals surface area contributed by atoms with Crippen LogP contribution in [0.25, 0.3) is 17.2 Å². The molecule has 0 radical (unpaired) electrons. The lowest BCUT2D eigenvalue weighted by molar-refractivity contribution is 0.215. The predicted octanol–water partition coefficient (Wildman–Crippen LogP) is 4.41. The number of aromatic nitrogens is 4. The number of hydrogen-bond donors (Lipinski definition) is 1. The van der Waals surface area contributed by atoms with E-state index in [0.29, 0.717) is 5.41 Å². The van der Waals surface area contributed by atoms with Gasteiger partial charge in [0, 0.05) is 5.69 Å². The van der Waals surface area contributed by atoms with Gasteiger partial charge in [0.2, 0.25) is 5.95 Å². The van der Waals surface area contributed by atoms with E-state index in [1.165, 1.54) is 28.9 Å². The lowest BCUT2D eigenvalue weighted by atomic mass is 9.72. The molecule has 0 amide bonds. The molecule has 4 heteroatoms. The van der Waals surface area contributed by atoms with Gasteiger partial charge < -0.3 is 4.98 Å². The van der Waals surface area contributed by atoms with Crippen LogP contribution in [0.3, 0.4) is 0 Å². The molecular formula is C20H24N4. The lowest BCUT2D eigenvalue weighted by Crippen LogP contribution is -2.27. The van der Waals surface area contributed by atoms with Crippen molar-refractivity contribution in [1.82, 2.24) is 19.7 Å². The Morgan fingerprint density at radius 1 is 1.17 bits per heavy atom. The van der Waals surface area contributed by atoms with E-state index in [2.05, 4.69) is 76.9 Å². The van der Waals surface area contributed by atoms with Crippen LogP contribution < -0.4 is 0 Å².